The van der Waals surface area contributed by atoms with E-state index in [1.54, 1.807) is 40.4 Å². The van der Waals surface area contributed by atoms with Gasteiger partial charge in [0.05, 0.1) is 21.3 Å². The predicted molar refractivity (Wildman–Crippen MR) is 81.9 cm³/mol. The summed E-state index contributed by atoms with van der Waals surface area (Å²) in [6.07, 6.45) is 0. The van der Waals surface area contributed by atoms with Crippen molar-refractivity contribution in [3.8, 4) is 17.2 Å². The Hall–Kier alpha value is -2.35. The van der Waals surface area contributed by atoms with Crippen molar-refractivity contribution in [2.75, 3.05) is 21.3 Å². The molecule has 0 spiro atoms. The zero-order chi connectivity index (χ0) is 16.1. The van der Waals surface area contributed by atoms with Crippen molar-refractivity contribution in [3.63, 3.8) is 0 Å². The number of carbonyl (C=O) groups is 1. The molecule has 0 fully saturated rings. The van der Waals surface area contributed by atoms with E-state index < -0.39 is 0 Å². The lowest BCUT2D eigenvalue weighted by Crippen LogP contribution is -2.22. The van der Waals surface area contributed by atoms with Crippen LogP contribution in [0.5, 0.6) is 17.2 Å². The standard InChI is InChI=1S/C14H17N3O4S/c1-8-16-14(22-17-8)13(18)15-7-9-5-10(19-2)12(21-4)11(6-9)20-3/h5-6H,7H2,1-4H3,(H,15,18). The fourth-order valence-corrected chi connectivity index (χ4v) is 2.47. The summed E-state index contributed by atoms with van der Waals surface area (Å²) in [6, 6.07) is 3.57. The molecular weight excluding hydrogens is 306 g/mol. The van der Waals surface area contributed by atoms with E-state index in [4.69, 9.17) is 14.2 Å². The summed E-state index contributed by atoms with van der Waals surface area (Å²) >= 11 is 1.07. The molecule has 0 atom stereocenters. The average molecular weight is 323 g/mol. The number of hydrogen-bond acceptors (Lipinski definition) is 7. The molecule has 0 bridgehead atoms. The summed E-state index contributed by atoms with van der Waals surface area (Å²) in [6.45, 7) is 2.06. The molecule has 0 saturated carbocycles. The lowest BCUT2D eigenvalue weighted by Gasteiger charge is -2.14. The first-order valence-electron chi connectivity index (χ1n) is 6.46. The Morgan fingerprint density at radius 1 is 1.18 bits per heavy atom. The second-order valence-electron chi connectivity index (χ2n) is 4.36. The molecule has 2 rings (SSSR count). The average Bonchev–Trinajstić information content (AvgIpc) is 2.97. The van der Waals surface area contributed by atoms with Gasteiger partial charge in [-0.2, -0.15) is 4.37 Å². The van der Waals surface area contributed by atoms with Crippen molar-refractivity contribution in [2.45, 2.75) is 13.5 Å². The molecule has 2 aromatic rings. The summed E-state index contributed by atoms with van der Waals surface area (Å²) in [5.41, 5.74) is 0.823. The summed E-state index contributed by atoms with van der Waals surface area (Å²) in [4.78, 5) is 16.0. The number of aromatic nitrogens is 2. The highest BCUT2D eigenvalue weighted by Gasteiger charge is 2.15. The minimum Gasteiger partial charge on any atom is -0.493 e. The number of ether oxygens (including phenoxy) is 3. The molecule has 0 radical (unpaired) electrons. The number of benzene rings is 1. The van der Waals surface area contributed by atoms with Crippen LogP contribution in [-0.4, -0.2) is 36.6 Å². The molecule has 8 heteroatoms. The van der Waals surface area contributed by atoms with Crippen molar-refractivity contribution in [1.29, 1.82) is 0 Å². The molecular formula is C14H17N3O4S. The minimum atomic E-state index is -0.264. The Morgan fingerprint density at radius 3 is 2.27 bits per heavy atom. The van der Waals surface area contributed by atoms with Crippen LogP contribution in [0, 0.1) is 6.92 Å². The molecule has 0 aliphatic carbocycles. The van der Waals surface area contributed by atoms with Crippen molar-refractivity contribution in [1.82, 2.24) is 14.7 Å². The van der Waals surface area contributed by atoms with Crippen LogP contribution in [0.3, 0.4) is 0 Å². The van der Waals surface area contributed by atoms with E-state index in [1.807, 2.05) is 0 Å². The molecule has 1 amide bonds. The zero-order valence-corrected chi connectivity index (χ0v) is 13.6. The second kappa shape index (κ2) is 7.08. The van der Waals surface area contributed by atoms with Crippen LogP contribution >= 0.6 is 11.5 Å². The van der Waals surface area contributed by atoms with Gasteiger partial charge >= 0.3 is 0 Å². The highest BCUT2D eigenvalue weighted by Crippen LogP contribution is 2.38. The summed E-state index contributed by atoms with van der Waals surface area (Å²) in [5.74, 6) is 1.91. The minimum absolute atomic E-state index is 0.264. The number of aryl methyl sites for hydroxylation is 1. The number of methoxy groups -OCH3 is 3. The number of amides is 1. The lowest BCUT2D eigenvalue weighted by atomic mass is 10.1. The number of nitrogens with zero attached hydrogens (tertiary/aromatic N) is 2. The van der Waals surface area contributed by atoms with Gasteiger partial charge in [-0.25, -0.2) is 4.98 Å². The van der Waals surface area contributed by atoms with Gasteiger partial charge in [-0.1, -0.05) is 0 Å². The molecule has 22 heavy (non-hydrogen) atoms. The number of hydrogen-bond donors (Lipinski definition) is 1. The van der Waals surface area contributed by atoms with Gasteiger partial charge in [-0.3, -0.25) is 4.79 Å². The molecule has 0 saturated heterocycles. The highest BCUT2D eigenvalue weighted by molar-refractivity contribution is 7.07. The first kappa shape index (κ1) is 16.0. The Kier molecular flexibility index (Phi) is 5.16. The smallest absolute Gasteiger partial charge is 0.282 e. The van der Waals surface area contributed by atoms with Gasteiger partial charge in [0.1, 0.15) is 5.82 Å². The monoisotopic (exact) mass is 323 g/mol. The van der Waals surface area contributed by atoms with E-state index in [0.717, 1.165) is 17.1 Å². The number of rotatable bonds is 6. The first-order valence-corrected chi connectivity index (χ1v) is 7.23. The highest BCUT2D eigenvalue weighted by atomic mass is 32.1. The van der Waals surface area contributed by atoms with Crippen molar-refractivity contribution >= 4 is 17.4 Å². The third-order valence-corrected chi connectivity index (χ3v) is 3.70. The van der Waals surface area contributed by atoms with Crippen LogP contribution in [-0.2, 0) is 6.54 Å². The van der Waals surface area contributed by atoms with Gasteiger partial charge in [0, 0.05) is 6.54 Å². The third-order valence-electron chi connectivity index (χ3n) is 2.90. The molecule has 0 aliphatic heterocycles. The van der Waals surface area contributed by atoms with E-state index >= 15 is 0 Å². The fraction of sp³-hybridized carbons (Fsp3) is 0.357. The molecule has 1 aromatic heterocycles. The van der Waals surface area contributed by atoms with Gasteiger partial charge in [0.25, 0.3) is 5.91 Å². The normalized spacial score (nSPS) is 10.2. The second-order valence-corrected chi connectivity index (χ2v) is 5.11. The summed E-state index contributed by atoms with van der Waals surface area (Å²) < 4.78 is 19.8. The van der Waals surface area contributed by atoms with E-state index in [-0.39, 0.29) is 5.91 Å². The largest absolute Gasteiger partial charge is 0.493 e. The van der Waals surface area contributed by atoms with Gasteiger partial charge in [-0.15, -0.1) is 0 Å². The quantitative estimate of drug-likeness (QED) is 0.873. The van der Waals surface area contributed by atoms with Crippen molar-refractivity contribution in [2.24, 2.45) is 0 Å². The van der Waals surface area contributed by atoms with E-state index in [2.05, 4.69) is 14.7 Å². The number of carbonyl (C=O) groups excluding carboxylic acids is 1. The molecule has 7 nitrogen and oxygen atoms in total. The topological polar surface area (TPSA) is 82.6 Å². The Balaban J connectivity index is 2.14. The Morgan fingerprint density at radius 2 is 1.82 bits per heavy atom. The van der Waals surface area contributed by atoms with Crippen LogP contribution in [0.1, 0.15) is 21.2 Å². The van der Waals surface area contributed by atoms with Crippen LogP contribution in [0.25, 0.3) is 0 Å². The Labute approximate surface area is 132 Å². The molecule has 1 aromatic carbocycles. The van der Waals surface area contributed by atoms with Gasteiger partial charge in [-0.05, 0) is 36.2 Å². The van der Waals surface area contributed by atoms with E-state index in [9.17, 15) is 4.79 Å². The molecule has 0 unspecified atom stereocenters. The van der Waals surface area contributed by atoms with Gasteiger partial charge in [0.2, 0.25) is 10.8 Å². The maximum absolute atomic E-state index is 12.0. The first-order chi connectivity index (χ1) is 10.6. The summed E-state index contributed by atoms with van der Waals surface area (Å²) in [7, 11) is 4.63. The predicted octanol–water partition coefficient (Wildman–Crippen LogP) is 1.80. The maximum Gasteiger partial charge on any atom is 0.282 e. The molecule has 1 N–H and O–H groups in total. The Bertz CT molecular complexity index is 647. The van der Waals surface area contributed by atoms with Crippen molar-refractivity contribution < 1.29 is 19.0 Å². The molecule has 118 valence electrons. The zero-order valence-electron chi connectivity index (χ0n) is 12.8. The van der Waals surface area contributed by atoms with Crippen LogP contribution < -0.4 is 19.5 Å². The van der Waals surface area contributed by atoms with Gasteiger partial charge < -0.3 is 19.5 Å². The summed E-state index contributed by atoms with van der Waals surface area (Å²) in [5, 5.41) is 3.12. The third kappa shape index (κ3) is 3.45. The van der Waals surface area contributed by atoms with Crippen LogP contribution in [0.15, 0.2) is 12.1 Å². The molecule has 1 heterocycles. The lowest BCUT2D eigenvalue weighted by molar-refractivity contribution is 0.0950. The SMILES string of the molecule is COc1cc(CNC(=O)c2nc(C)ns2)cc(OC)c1OC. The maximum atomic E-state index is 12.0. The van der Waals surface area contributed by atoms with E-state index in [0.29, 0.717) is 34.6 Å². The van der Waals surface area contributed by atoms with E-state index in [1.165, 1.54) is 0 Å². The molecule has 0 aliphatic rings. The number of nitrogens with one attached hydrogen (secondary N) is 1. The van der Waals surface area contributed by atoms with Crippen LogP contribution in [0.4, 0.5) is 0 Å². The van der Waals surface area contributed by atoms with Crippen LogP contribution in [0.2, 0.25) is 0 Å². The van der Waals surface area contributed by atoms with Crippen molar-refractivity contribution in [3.05, 3.63) is 28.5 Å². The van der Waals surface area contributed by atoms with Gasteiger partial charge in [0.15, 0.2) is 11.5 Å². The fourth-order valence-electron chi connectivity index (χ4n) is 1.88.